The summed E-state index contributed by atoms with van der Waals surface area (Å²) in [6, 6.07) is 7.89. The Hall–Kier alpha value is -3.69. The summed E-state index contributed by atoms with van der Waals surface area (Å²) in [6.45, 7) is 3.40. The van der Waals surface area contributed by atoms with E-state index in [1.54, 1.807) is 19.1 Å². The van der Waals surface area contributed by atoms with Gasteiger partial charge in [-0.3, -0.25) is 13.9 Å². The summed E-state index contributed by atoms with van der Waals surface area (Å²) >= 11 is 0. The molecular weight excluding hydrogens is 488 g/mol. The van der Waals surface area contributed by atoms with Gasteiger partial charge in [-0.15, -0.1) is 0 Å². The molecule has 0 radical (unpaired) electrons. The molecule has 1 saturated heterocycles. The fourth-order valence-electron chi connectivity index (χ4n) is 4.44. The number of amides is 2. The first-order valence-electron chi connectivity index (χ1n) is 11.4. The van der Waals surface area contributed by atoms with E-state index in [9.17, 15) is 28.4 Å². The van der Waals surface area contributed by atoms with E-state index in [0.717, 1.165) is 21.6 Å². The molecule has 0 bridgehead atoms. The summed E-state index contributed by atoms with van der Waals surface area (Å²) in [5.41, 5.74) is 3.41. The first-order chi connectivity index (χ1) is 17.1. The number of rotatable bonds is 7. The number of nitrogens with one attached hydrogen (secondary N) is 1. The van der Waals surface area contributed by atoms with Gasteiger partial charge in [-0.1, -0.05) is 17.7 Å². The molecule has 2 atom stereocenters. The average molecular weight is 515 g/mol. The zero-order valence-electron chi connectivity index (χ0n) is 19.9. The second-order valence-corrected chi connectivity index (χ2v) is 10.6. The average Bonchev–Trinajstić information content (AvgIpc) is 3.28. The van der Waals surface area contributed by atoms with Crippen molar-refractivity contribution in [1.29, 1.82) is 5.26 Å². The Balaban J connectivity index is 1.46. The lowest BCUT2D eigenvalue weighted by molar-refractivity contribution is -0.125. The van der Waals surface area contributed by atoms with Crippen molar-refractivity contribution in [2.24, 2.45) is 5.92 Å². The number of nitriles is 1. The maximum absolute atomic E-state index is 12.6. The molecule has 1 aliphatic heterocycles. The number of aryl methyl sites for hydroxylation is 1. The van der Waals surface area contributed by atoms with Crippen LogP contribution in [0, 0.1) is 31.1 Å². The van der Waals surface area contributed by atoms with Gasteiger partial charge in [0.2, 0.25) is 11.8 Å². The Labute approximate surface area is 208 Å². The molecule has 1 aromatic heterocycles. The highest BCUT2D eigenvalue weighted by Gasteiger charge is 2.33. The Morgan fingerprint density at radius 1 is 1.22 bits per heavy atom. The van der Waals surface area contributed by atoms with Gasteiger partial charge < -0.3 is 15.2 Å². The Morgan fingerprint density at radius 2 is 1.92 bits per heavy atom. The van der Waals surface area contributed by atoms with Crippen LogP contribution in [0.25, 0.3) is 0 Å². The van der Waals surface area contributed by atoms with Crippen molar-refractivity contribution in [3.05, 3.63) is 52.2 Å². The first-order valence-corrected chi connectivity index (χ1v) is 12.8. The highest BCUT2D eigenvalue weighted by Crippen LogP contribution is 2.35. The SMILES string of the molecule is Cc1ccc(S(=O)(=O)OCC2Cc3c(C#N)nc(OCC4CNC(=O)CN4C(=O)O)c(C)c3C2)cc1. The van der Waals surface area contributed by atoms with Crippen LogP contribution in [0.5, 0.6) is 5.88 Å². The number of carboxylic acid groups (broad SMARTS) is 1. The lowest BCUT2D eigenvalue weighted by Gasteiger charge is -2.33. The number of fused-ring (bicyclic) bond motifs is 1. The van der Waals surface area contributed by atoms with E-state index in [1.165, 1.54) is 12.1 Å². The molecule has 2 N–H and O–H groups in total. The molecule has 190 valence electrons. The van der Waals surface area contributed by atoms with Crippen LogP contribution < -0.4 is 10.1 Å². The summed E-state index contributed by atoms with van der Waals surface area (Å²) in [6.07, 6.45) is -0.297. The predicted molar refractivity (Wildman–Crippen MR) is 126 cm³/mol. The summed E-state index contributed by atoms with van der Waals surface area (Å²) in [5, 5.41) is 21.7. The van der Waals surface area contributed by atoms with Crippen molar-refractivity contribution in [2.45, 2.75) is 37.6 Å². The lowest BCUT2D eigenvalue weighted by Crippen LogP contribution is -2.58. The number of piperazine rings is 1. The van der Waals surface area contributed by atoms with Crippen LogP contribution in [-0.2, 0) is 31.9 Å². The topological polar surface area (TPSA) is 159 Å². The molecular formula is C24H26N4O7S. The Kier molecular flexibility index (Phi) is 7.14. The van der Waals surface area contributed by atoms with Crippen molar-refractivity contribution in [2.75, 3.05) is 26.3 Å². The third kappa shape index (κ3) is 5.27. The van der Waals surface area contributed by atoms with Gasteiger partial charge in [-0.25, -0.2) is 9.78 Å². The highest BCUT2D eigenvalue weighted by atomic mass is 32.2. The standard InChI is InChI=1S/C24H26N4O7S/c1-14-3-5-18(6-4-14)36(32,33)35-12-16-7-19-15(2)23(27-21(9-25)20(19)8-16)34-13-17-10-26-22(29)11-28(17)24(30)31/h3-6,16-17H,7-8,10-13H2,1-2H3,(H,26,29)(H,30,31). The van der Waals surface area contributed by atoms with Gasteiger partial charge in [0.25, 0.3) is 10.1 Å². The first kappa shape index (κ1) is 25.4. The fourth-order valence-corrected chi connectivity index (χ4v) is 5.41. The number of carbonyl (C=O) groups is 2. The monoisotopic (exact) mass is 514 g/mol. The zero-order valence-corrected chi connectivity index (χ0v) is 20.7. The smallest absolute Gasteiger partial charge is 0.408 e. The zero-order chi connectivity index (χ0) is 26.0. The number of ether oxygens (including phenoxy) is 1. The third-order valence-electron chi connectivity index (χ3n) is 6.44. The molecule has 36 heavy (non-hydrogen) atoms. The molecule has 0 spiro atoms. The molecule has 1 fully saturated rings. The highest BCUT2D eigenvalue weighted by molar-refractivity contribution is 7.86. The second kappa shape index (κ2) is 10.1. The summed E-state index contributed by atoms with van der Waals surface area (Å²) in [5.74, 6) is -0.342. The molecule has 1 aromatic carbocycles. The van der Waals surface area contributed by atoms with Gasteiger partial charge >= 0.3 is 6.09 Å². The normalized spacial score (nSPS) is 19.4. The van der Waals surface area contributed by atoms with Gasteiger partial charge in [-0.05, 0) is 55.9 Å². The number of pyridine rings is 1. The van der Waals surface area contributed by atoms with Crippen molar-refractivity contribution >= 4 is 22.1 Å². The van der Waals surface area contributed by atoms with Crippen molar-refractivity contribution in [1.82, 2.24) is 15.2 Å². The van der Waals surface area contributed by atoms with Crippen LogP contribution in [0.3, 0.4) is 0 Å². The van der Waals surface area contributed by atoms with Crippen LogP contribution in [0.2, 0.25) is 0 Å². The van der Waals surface area contributed by atoms with Crippen molar-refractivity contribution in [3.63, 3.8) is 0 Å². The molecule has 2 unspecified atom stereocenters. The van der Waals surface area contributed by atoms with Gasteiger partial charge in [0.15, 0.2) is 0 Å². The van der Waals surface area contributed by atoms with E-state index in [0.29, 0.717) is 18.4 Å². The minimum Gasteiger partial charge on any atom is -0.475 e. The van der Waals surface area contributed by atoms with E-state index < -0.39 is 22.3 Å². The molecule has 11 nitrogen and oxygen atoms in total. The number of aromatic nitrogens is 1. The molecule has 2 aliphatic rings. The van der Waals surface area contributed by atoms with Gasteiger partial charge in [0, 0.05) is 12.1 Å². The third-order valence-corrected chi connectivity index (χ3v) is 7.74. The molecule has 1 aliphatic carbocycles. The quantitative estimate of drug-likeness (QED) is 0.523. The van der Waals surface area contributed by atoms with Crippen molar-refractivity contribution in [3.8, 4) is 11.9 Å². The second-order valence-electron chi connectivity index (χ2n) is 8.96. The van der Waals surface area contributed by atoms with Gasteiger partial charge in [-0.2, -0.15) is 13.7 Å². The van der Waals surface area contributed by atoms with Crippen LogP contribution in [0.4, 0.5) is 4.79 Å². The predicted octanol–water partition coefficient (Wildman–Crippen LogP) is 1.55. The number of hydrogen-bond acceptors (Lipinski definition) is 8. The molecule has 12 heteroatoms. The van der Waals surface area contributed by atoms with Gasteiger partial charge in [0.05, 0.1) is 17.5 Å². The van der Waals surface area contributed by atoms with E-state index in [1.807, 2.05) is 6.92 Å². The van der Waals surface area contributed by atoms with Crippen LogP contribution in [-0.4, -0.2) is 67.8 Å². The number of carbonyl (C=O) groups excluding carboxylic acids is 1. The maximum atomic E-state index is 12.6. The van der Waals surface area contributed by atoms with Crippen LogP contribution >= 0.6 is 0 Å². The van der Waals surface area contributed by atoms with Crippen molar-refractivity contribution < 1.29 is 32.0 Å². The number of benzene rings is 1. The minimum atomic E-state index is -3.91. The minimum absolute atomic E-state index is 0.0409. The Bertz CT molecular complexity index is 1340. The van der Waals surface area contributed by atoms with Crippen LogP contribution in [0.1, 0.15) is 27.9 Å². The van der Waals surface area contributed by atoms with E-state index in [2.05, 4.69) is 16.4 Å². The Morgan fingerprint density at radius 3 is 2.58 bits per heavy atom. The molecule has 2 heterocycles. The number of nitrogens with zero attached hydrogens (tertiary/aromatic N) is 3. The maximum Gasteiger partial charge on any atom is 0.408 e. The molecule has 2 amide bonds. The number of hydrogen-bond donors (Lipinski definition) is 2. The van der Waals surface area contributed by atoms with Gasteiger partial charge in [0.1, 0.15) is 24.9 Å². The van der Waals surface area contributed by atoms with Crippen LogP contribution in [0.15, 0.2) is 29.2 Å². The van der Waals surface area contributed by atoms with E-state index in [4.69, 9.17) is 8.92 Å². The van der Waals surface area contributed by atoms with E-state index in [-0.39, 0.29) is 54.6 Å². The summed E-state index contributed by atoms with van der Waals surface area (Å²) in [4.78, 5) is 28.5. The van der Waals surface area contributed by atoms with E-state index >= 15 is 0 Å². The lowest BCUT2D eigenvalue weighted by atomic mass is 10.0. The largest absolute Gasteiger partial charge is 0.475 e. The summed E-state index contributed by atoms with van der Waals surface area (Å²) in [7, 11) is -3.91. The molecule has 0 saturated carbocycles. The molecule has 4 rings (SSSR count). The fraction of sp³-hybridized carbons (Fsp3) is 0.417. The summed E-state index contributed by atoms with van der Waals surface area (Å²) < 4.78 is 36.3. The molecule has 2 aromatic rings.